The van der Waals surface area contributed by atoms with E-state index in [9.17, 15) is 9.00 Å². The van der Waals surface area contributed by atoms with Crippen LogP contribution in [0.1, 0.15) is 0 Å². The highest BCUT2D eigenvalue weighted by molar-refractivity contribution is 7.86. The number of nitrogens with one attached hydrogen (secondary N) is 1. The van der Waals surface area contributed by atoms with Crippen LogP contribution in [0.5, 0.6) is 0 Å². The van der Waals surface area contributed by atoms with Gasteiger partial charge in [-0.1, -0.05) is 30.3 Å². The molecule has 0 radical (unpaired) electrons. The van der Waals surface area contributed by atoms with Crippen molar-refractivity contribution < 1.29 is 9.00 Å². The minimum absolute atomic E-state index is 0.0958. The zero-order chi connectivity index (χ0) is 13.2. The number of nitrogens with zero attached hydrogens (tertiary/aromatic N) is 1. The number of fused-ring (bicyclic) bond motifs is 1. The van der Waals surface area contributed by atoms with Crippen LogP contribution in [0, 0.1) is 0 Å². The molecule has 0 bridgehead atoms. The van der Waals surface area contributed by atoms with E-state index in [0.29, 0.717) is 10.6 Å². The summed E-state index contributed by atoms with van der Waals surface area (Å²) in [6.07, 6.45) is 0. The van der Waals surface area contributed by atoms with Crippen molar-refractivity contribution in [2.75, 3.05) is 16.2 Å². The van der Waals surface area contributed by atoms with Crippen LogP contribution in [-0.2, 0) is 15.8 Å². The van der Waals surface area contributed by atoms with Gasteiger partial charge in [0.2, 0.25) is 5.91 Å². The van der Waals surface area contributed by atoms with Gasteiger partial charge in [0.1, 0.15) is 6.54 Å². The van der Waals surface area contributed by atoms with Crippen LogP contribution in [0.15, 0.2) is 59.5 Å². The third-order valence-corrected chi connectivity index (χ3v) is 4.28. The molecule has 1 amide bonds. The molecule has 19 heavy (non-hydrogen) atoms. The first kappa shape index (κ1) is 11.9. The van der Waals surface area contributed by atoms with Crippen LogP contribution in [0.3, 0.4) is 0 Å². The van der Waals surface area contributed by atoms with Gasteiger partial charge in [-0.3, -0.25) is 9.10 Å². The van der Waals surface area contributed by atoms with Crippen LogP contribution in [0.25, 0.3) is 0 Å². The molecule has 0 aliphatic carbocycles. The zero-order valence-electron chi connectivity index (χ0n) is 10.1. The standard InChI is InChI=1S/C14H12N2O2S/c17-14-10-16(13-9-5-4-8-12(13)15-14)19(18)11-6-2-1-3-7-11/h1-9H,10H2,(H,15,17). The molecule has 3 rings (SSSR count). The van der Waals surface area contributed by atoms with E-state index in [2.05, 4.69) is 5.32 Å². The van der Waals surface area contributed by atoms with Gasteiger partial charge in [0.05, 0.1) is 16.3 Å². The van der Waals surface area contributed by atoms with E-state index in [-0.39, 0.29) is 12.5 Å². The average molecular weight is 272 g/mol. The third kappa shape index (κ3) is 2.24. The lowest BCUT2D eigenvalue weighted by molar-refractivity contribution is -0.114. The van der Waals surface area contributed by atoms with Crippen molar-refractivity contribution >= 4 is 28.3 Å². The predicted molar refractivity (Wildman–Crippen MR) is 75.3 cm³/mol. The van der Waals surface area contributed by atoms with Crippen LogP contribution >= 0.6 is 0 Å². The predicted octanol–water partition coefficient (Wildman–Crippen LogP) is 2.17. The molecule has 0 aromatic heterocycles. The molecule has 5 heteroatoms. The fraction of sp³-hybridized carbons (Fsp3) is 0.0714. The Balaban J connectivity index is 2.02. The van der Waals surface area contributed by atoms with Gasteiger partial charge in [0.25, 0.3) is 0 Å². The number of carbonyl (C=O) groups is 1. The van der Waals surface area contributed by atoms with E-state index in [0.717, 1.165) is 5.69 Å². The molecule has 96 valence electrons. The number of anilines is 2. The third-order valence-electron chi connectivity index (χ3n) is 2.88. The van der Waals surface area contributed by atoms with Crippen molar-refractivity contribution in [1.82, 2.24) is 0 Å². The maximum atomic E-state index is 12.6. The number of para-hydroxylation sites is 2. The normalized spacial score (nSPS) is 15.6. The number of hydrogen-bond donors (Lipinski definition) is 1. The fourth-order valence-electron chi connectivity index (χ4n) is 2.01. The minimum atomic E-state index is -1.38. The molecule has 2 aromatic rings. The van der Waals surface area contributed by atoms with E-state index >= 15 is 0 Å². The van der Waals surface area contributed by atoms with E-state index in [1.54, 1.807) is 16.4 Å². The van der Waals surface area contributed by atoms with Gasteiger partial charge in [0.15, 0.2) is 11.0 Å². The van der Waals surface area contributed by atoms with Crippen LogP contribution in [-0.4, -0.2) is 16.7 Å². The summed E-state index contributed by atoms with van der Waals surface area (Å²) in [5.74, 6) is -0.150. The van der Waals surface area contributed by atoms with E-state index in [4.69, 9.17) is 0 Å². The molecule has 0 spiro atoms. The SMILES string of the molecule is O=C1CN(S(=O)c2ccccc2)c2ccccc2N1. The summed E-state index contributed by atoms with van der Waals surface area (Å²) < 4.78 is 14.2. The van der Waals surface area contributed by atoms with E-state index < -0.39 is 11.0 Å². The highest BCUT2D eigenvalue weighted by atomic mass is 32.2. The second kappa shape index (κ2) is 4.85. The van der Waals surface area contributed by atoms with Crippen molar-refractivity contribution in [3.63, 3.8) is 0 Å². The van der Waals surface area contributed by atoms with Gasteiger partial charge in [-0.05, 0) is 24.3 Å². The van der Waals surface area contributed by atoms with Crippen molar-refractivity contribution in [1.29, 1.82) is 0 Å². The molecule has 1 N–H and O–H groups in total. The van der Waals surface area contributed by atoms with Gasteiger partial charge in [-0.2, -0.15) is 0 Å². The average Bonchev–Trinajstić information content (AvgIpc) is 2.46. The van der Waals surface area contributed by atoms with Crippen LogP contribution in [0.2, 0.25) is 0 Å². The molecule has 2 aromatic carbocycles. The lowest BCUT2D eigenvalue weighted by atomic mass is 10.2. The molecule has 1 unspecified atom stereocenters. The molecule has 1 heterocycles. The molecule has 0 saturated carbocycles. The van der Waals surface area contributed by atoms with Crippen molar-refractivity contribution in [2.45, 2.75) is 4.90 Å². The quantitative estimate of drug-likeness (QED) is 0.911. The summed E-state index contributed by atoms with van der Waals surface area (Å²) >= 11 is 0. The highest BCUT2D eigenvalue weighted by Crippen LogP contribution is 2.31. The largest absolute Gasteiger partial charge is 0.323 e. The highest BCUT2D eigenvalue weighted by Gasteiger charge is 2.26. The molecular weight excluding hydrogens is 260 g/mol. The molecule has 0 fully saturated rings. The van der Waals surface area contributed by atoms with Crippen molar-refractivity contribution in [2.24, 2.45) is 0 Å². The molecule has 1 aliphatic heterocycles. The Morgan fingerprint density at radius 1 is 1.00 bits per heavy atom. The summed E-state index contributed by atoms with van der Waals surface area (Å²) in [4.78, 5) is 12.4. The number of carbonyl (C=O) groups excluding carboxylic acids is 1. The Kier molecular flexibility index (Phi) is 3.05. The maximum absolute atomic E-state index is 12.6. The Labute approximate surface area is 113 Å². The second-order valence-corrected chi connectivity index (χ2v) is 5.57. The number of benzene rings is 2. The summed E-state index contributed by atoms with van der Waals surface area (Å²) in [6.45, 7) is 0.0958. The van der Waals surface area contributed by atoms with Crippen molar-refractivity contribution in [3.05, 3.63) is 54.6 Å². The second-order valence-electron chi connectivity index (χ2n) is 4.16. The summed E-state index contributed by atoms with van der Waals surface area (Å²) in [7, 11) is -1.38. The first-order valence-electron chi connectivity index (χ1n) is 5.89. The van der Waals surface area contributed by atoms with Crippen LogP contribution < -0.4 is 9.62 Å². The summed E-state index contributed by atoms with van der Waals surface area (Å²) in [5.41, 5.74) is 1.48. The smallest absolute Gasteiger partial charge is 0.245 e. The van der Waals surface area contributed by atoms with Crippen molar-refractivity contribution in [3.8, 4) is 0 Å². The minimum Gasteiger partial charge on any atom is -0.323 e. The van der Waals surface area contributed by atoms with E-state index in [1.807, 2.05) is 42.5 Å². The molecule has 0 saturated heterocycles. The van der Waals surface area contributed by atoms with Crippen LogP contribution in [0.4, 0.5) is 11.4 Å². The molecular formula is C14H12N2O2S. The monoisotopic (exact) mass is 272 g/mol. The Bertz CT molecular complexity index is 643. The maximum Gasteiger partial charge on any atom is 0.245 e. The van der Waals surface area contributed by atoms with Gasteiger partial charge in [-0.15, -0.1) is 0 Å². The Morgan fingerprint density at radius 2 is 1.68 bits per heavy atom. The van der Waals surface area contributed by atoms with E-state index in [1.165, 1.54) is 0 Å². The molecule has 1 aliphatic rings. The first-order valence-corrected chi connectivity index (χ1v) is 7.00. The topological polar surface area (TPSA) is 49.4 Å². The number of amides is 1. The Morgan fingerprint density at radius 3 is 2.47 bits per heavy atom. The molecule has 1 atom stereocenters. The zero-order valence-corrected chi connectivity index (χ0v) is 10.9. The lowest BCUT2D eigenvalue weighted by Crippen LogP contribution is -2.39. The molecule has 4 nitrogen and oxygen atoms in total. The summed E-state index contributed by atoms with van der Waals surface area (Å²) in [5, 5.41) is 2.78. The lowest BCUT2D eigenvalue weighted by Gasteiger charge is -2.29. The van der Waals surface area contributed by atoms with Gasteiger partial charge < -0.3 is 5.32 Å². The summed E-state index contributed by atoms with van der Waals surface area (Å²) in [6, 6.07) is 16.5. The van der Waals surface area contributed by atoms with Gasteiger partial charge in [0, 0.05) is 0 Å². The van der Waals surface area contributed by atoms with Gasteiger partial charge in [-0.25, -0.2) is 4.21 Å². The Hall–Kier alpha value is -2.14. The number of rotatable bonds is 2. The first-order chi connectivity index (χ1) is 9.25. The fourth-order valence-corrected chi connectivity index (χ4v) is 3.23. The van der Waals surface area contributed by atoms with Gasteiger partial charge >= 0.3 is 0 Å². The number of hydrogen-bond acceptors (Lipinski definition) is 2.